The summed E-state index contributed by atoms with van der Waals surface area (Å²) in [5.41, 5.74) is 0. The molecule has 0 N–H and O–H groups in total. The summed E-state index contributed by atoms with van der Waals surface area (Å²) in [6.07, 6.45) is 7.45. The van der Waals surface area contributed by atoms with Crippen molar-refractivity contribution in [2.24, 2.45) is 17.8 Å². The molecule has 3 rings (SSSR count). The van der Waals surface area contributed by atoms with Gasteiger partial charge in [0.25, 0.3) is 0 Å². The Bertz CT molecular complexity index is 355. The molecule has 0 saturated heterocycles. The van der Waals surface area contributed by atoms with Crippen LogP contribution in [0.3, 0.4) is 0 Å². The maximum atomic E-state index is 5.81. The minimum absolute atomic E-state index is 0.750. The molecule has 0 heterocycles. The van der Waals surface area contributed by atoms with Crippen LogP contribution in [0.15, 0.2) is 42.5 Å². The number of hydrogen-bond acceptors (Lipinski definition) is 1. The Morgan fingerprint density at radius 2 is 1.93 bits per heavy atom. The topological polar surface area (TPSA) is 9.23 Å². The first kappa shape index (κ1) is 9.02. The minimum Gasteiger partial charge on any atom is -0.493 e. The first-order chi connectivity index (χ1) is 7.42. The summed E-state index contributed by atoms with van der Waals surface area (Å²) in [7, 11) is 0. The van der Waals surface area contributed by atoms with E-state index in [1.807, 2.05) is 30.3 Å². The van der Waals surface area contributed by atoms with Crippen molar-refractivity contribution in [3.05, 3.63) is 42.5 Å². The average Bonchev–Trinajstić information content (AvgIpc) is 2.89. The number of fused-ring (bicyclic) bond motifs is 2. The molecule has 1 aromatic carbocycles. The fourth-order valence-corrected chi connectivity index (χ4v) is 2.81. The van der Waals surface area contributed by atoms with Gasteiger partial charge in [-0.25, -0.2) is 0 Å². The largest absolute Gasteiger partial charge is 0.493 e. The Kier molecular flexibility index (Phi) is 2.24. The van der Waals surface area contributed by atoms with Crippen LogP contribution in [0.1, 0.15) is 12.8 Å². The maximum absolute atomic E-state index is 5.81. The van der Waals surface area contributed by atoms with E-state index in [-0.39, 0.29) is 0 Å². The number of hydrogen-bond donors (Lipinski definition) is 0. The predicted molar refractivity (Wildman–Crippen MR) is 60.8 cm³/mol. The Hall–Kier alpha value is -1.24. The molecule has 78 valence electrons. The number of allylic oxidation sites excluding steroid dienone is 2. The smallest absolute Gasteiger partial charge is 0.119 e. The van der Waals surface area contributed by atoms with Gasteiger partial charge < -0.3 is 4.74 Å². The van der Waals surface area contributed by atoms with Gasteiger partial charge in [0.2, 0.25) is 0 Å². The summed E-state index contributed by atoms with van der Waals surface area (Å²) in [5, 5.41) is 0. The van der Waals surface area contributed by atoms with E-state index < -0.39 is 0 Å². The van der Waals surface area contributed by atoms with Crippen molar-refractivity contribution in [3.8, 4) is 5.75 Å². The van der Waals surface area contributed by atoms with Crippen molar-refractivity contribution in [1.82, 2.24) is 0 Å². The van der Waals surface area contributed by atoms with Gasteiger partial charge in [-0.3, -0.25) is 0 Å². The van der Waals surface area contributed by atoms with Crippen LogP contribution >= 0.6 is 0 Å². The normalized spacial score (nSPS) is 32.1. The second-order valence-electron chi connectivity index (χ2n) is 4.66. The molecule has 1 saturated carbocycles. The van der Waals surface area contributed by atoms with Crippen LogP contribution in [0.2, 0.25) is 0 Å². The van der Waals surface area contributed by atoms with Crippen LogP contribution in [-0.2, 0) is 0 Å². The molecule has 0 aromatic heterocycles. The third-order valence-electron chi connectivity index (χ3n) is 3.62. The van der Waals surface area contributed by atoms with Crippen LogP contribution in [0.25, 0.3) is 0 Å². The lowest BCUT2D eigenvalue weighted by Gasteiger charge is -2.18. The van der Waals surface area contributed by atoms with Gasteiger partial charge >= 0.3 is 0 Å². The second kappa shape index (κ2) is 3.73. The Morgan fingerprint density at radius 3 is 2.60 bits per heavy atom. The van der Waals surface area contributed by atoms with E-state index in [1.165, 1.54) is 12.8 Å². The van der Waals surface area contributed by atoms with Crippen molar-refractivity contribution < 1.29 is 4.74 Å². The van der Waals surface area contributed by atoms with Gasteiger partial charge in [-0.2, -0.15) is 0 Å². The maximum Gasteiger partial charge on any atom is 0.119 e. The summed E-state index contributed by atoms with van der Waals surface area (Å²) in [4.78, 5) is 0. The van der Waals surface area contributed by atoms with Crippen molar-refractivity contribution in [2.75, 3.05) is 6.61 Å². The van der Waals surface area contributed by atoms with Crippen LogP contribution in [0, 0.1) is 17.8 Å². The Labute approximate surface area is 90.8 Å². The standard InChI is InChI=1S/C14H16O/c1-2-4-14(5-3-1)15-10-13-9-11-6-7-12(13)8-11/h1-7,11-13H,8-10H2/t11-,12+,13-/m0/s1. The zero-order chi connectivity index (χ0) is 10.1. The molecular formula is C14H16O. The summed E-state index contributed by atoms with van der Waals surface area (Å²) in [6, 6.07) is 10.1. The summed E-state index contributed by atoms with van der Waals surface area (Å²) >= 11 is 0. The molecule has 0 aliphatic heterocycles. The Morgan fingerprint density at radius 1 is 1.07 bits per heavy atom. The lowest BCUT2D eigenvalue weighted by atomic mass is 9.95. The van der Waals surface area contributed by atoms with Crippen molar-refractivity contribution >= 4 is 0 Å². The second-order valence-corrected chi connectivity index (χ2v) is 4.66. The highest BCUT2D eigenvalue weighted by molar-refractivity contribution is 5.21. The van der Waals surface area contributed by atoms with E-state index >= 15 is 0 Å². The molecule has 3 atom stereocenters. The van der Waals surface area contributed by atoms with Gasteiger partial charge in [0.1, 0.15) is 5.75 Å². The number of ether oxygens (including phenoxy) is 1. The molecule has 1 heteroatoms. The molecule has 2 bridgehead atoms. The molecule has 1 nitrogen and oxygen atoms in total. The zero-order valence-electron chi connectivity index (χ0n) is 8.80. The highest BCUT2D eigenvalue weighted by atomic mass is 16.5. The van der Waals surface area contributed by atoms with Gasteiger partial charge in [-0.1, -0.05) is 30.4 Å². The first-order valence-corrected chi connectivity index (χ1v) is 5.78. The molecule has 2 aliphatic carbocycles. The van der Waals surface area contributed by atoms with E-state index in [1.54, 1.807) is 0 Å². The van der Waals surface area contributed by atoms with Crippen molar-refractivity contribution in [1.29, 1.82) is 0 Å². The fraction of sp³-hybridized carbons (Fsp3) is 0.429. The van der Waals surface area contributed by atoms with Gasteiger partial charge in [0.15, 0.2) is 0 Å². The zero-order valence-corrected chi connectivity index (χ0v) is 8.80. The third kappa shape index (κ3) is 1.79. The average molecular weight is 200 g/mol. The highest BCUT2D eigenvalue weighted by Gasteiger charge is 2.35. The molecule has 15 heavy (non-hydrogen) atoms. The van der Waals surface area contributed by atoms with Gasteiger partial charge in [-0.05, 0) is 42.7 Å². The van der Waals surface area contributed by atoms with E-state index in [9.17, 15) is 0 Å². The van der Waals surface area contributed by atoms with Gasteiger partial charge in [0, 0.05) is 0 Å². The third-order valence-corrected chi connectivity index (χ3v) is 3.62. The van der Waals surface area contributed by atoms with E-state index in [2.05, 4.69) is 12.2 Å². The number of para-hydroxylation sites is 1. The molecule has 0 unspecified atom stereocenters. The SMILES string of the molecule is C1=C[C@@H]2C[C@H]1C[C@H]2COc1ccccc1. The van der Waals surface area contributed by atoms with Crippen LogP contribution < -0.4 is 4.74 Å². The van der Waals surface area contributed by atoms with Crippen LogP contribution in [0.4, 0.5) is 0 Å². The summed E-state index contributed by atoms with van der Waals surface area (Å²) in [5.74, 6) is 3.39. The molecule has 0 radical (unpaired) electrons. The lowest BCUT2D eigenvalue weighted by Crippen LogP contribution is -2.16. The van der Waals surface area contributed by atoms with Crippen LogP contribution in [-0.4, -0.2) is 6.61 Å². The molecule has 1 aromatic rings. The van der Waals surface area contributed by atoms with Crippen LogP contribution in [0.5, 0.6) is 5.75 Å². The minimum atomic E-state index is 0.750. The summed E-state index contributed by atoms with van der Waals surface area (Å²) in [6.45, 7) is 0.884. The van der Waals surface area contributed by atoms with Gasteiger partial charge in [0.05, 0.1) is 6.61 Å². The van der Waals surface area contributed by atoms with E-state index in [4.69, 9.17) is 4.74 Å². The van der Waals surface area contributed by atoms with E-state index in [0.29, 0.717) is 0 Å². The molecular weight excluding hydrogens is 184 g/mol. The van der Waals surface area contributed by atoms with E-state index in [0.717, 1.165) is 30.1 Å². The van der Waals surface area contributed by atoms with Crippen molar-refractivity contribution in [3.63, 3.8) is 0 Å². The summed E-state index contributed by atoms with van der Waals surface area (Å²) < 4.78 is 5.81. The highest BCUT2D eigenvalue weighted by Crippen LogP contribution is 2.43. The first-order valence-electron chi connectivity index (χ1n) is 5.78. The number of rotatable bonds is 3. The quantitative estimate of drug-likeness (QED) is 0.680. The molecule has 0 spiro atoms. The van der Waals surface area contributed by atoms with Gasteiger partial charge in [-0.15, -0.1) is 0 Å². The monoisotopic (exact) mass is 200 g/mol. The molecule has 1 fully saturated rings. The fourth-order valence-electron chi connectivity index (χ4n) is 2.81. The van der Waals surface area contributed by atoms with Crippen molar-refractivity contribution in [2.45, 2.75) is 12.8 Å². The predicted octanol–water partition coefficient (Wildman–Crippen LogP) is 3.28. The molecule has 2 aliphatic rings. The Balaban J connectivity index is 1.57. The lowest BCUT2D eigenvalue weighted by molar-refractivity contribution is 0.228. The number of benzene rings is 1. The molecule has 0 amide bonds.